The summed E-state index contributed by atoms with van der Waals surface area (Å²) in [6.07, 6.45) is 0. The molecule has 0 bridgehead atoms. The van der Waals surface area contributed by atoms with Gasteiger partial charge in [-0.05, 0) is 26.0 Å². The maximum Gasteiger partial charge on any atom is 0.313 e. The molecule has 0 aliphatic heterocycles. The zero-order chi connectivity index (χ0) is 14.6. The molecule has 0 unspecified atom stereocenters. The van der Waals surface area contributed by atoms with Crippen LogP contribution in [0.3, 0.4) is 0 Å². The van der Waals surface area contributed by atoms with Crippen molar-refractivity contribution in [1.29, 1.82) is 0 Å². The van der Waals surface area contributed by atoms with Crippen molar-refractivity contribution in [2.24, 2.45) is 5.41 Å². The molecule has 0 amide bonds. The highest BCUT2D eigenvalue weighted by Gasteiger charge is 2.29. The van der Waals surface area contributed by atoms with E-state index in [-0.39, 0.29) is 22.9 Å². The highest BCUT2D eigenvalue weighted by atomic mass is 35.5. The first-order valence-corrected chi connectivity index (χ1v) is 5.92. The molecule has 0 aliphatic rings. The number of hydrogen-bond donors (Lipinski definition) is 1. The molecular formula is C12H15ClN2O4. The number of anilines is 1. The first-order valence-electron chi connectivity index (χ1n) is 5.55. The van der Waals surface area contributed by atoms with E-state index in [9.17, 15) is 14.9 Å². The Morgan fingerprint density at radius 2 is 2.16 bits per heavy atom. The molecule has 0 heterocycles. The fourth-order valence-electron chi connectivity index (χ4n) is 1.51. The van der Waals surface area contributed by atoms with Gasteiger partial charge in [-0.2, -0.15) is 0 Å². The minimum absolute atomic E-state index is 0.0471. The fourth-order valence-corrected chi connectivity index (χ4v) is 1.75. The topological polar surface area (TPSA) is 81.5 Å². The van der Waals surface area contributed by atoms with E-state index in [0.29, 0.717) is 0 Å². The van der Waals surface area contributed by atoms with Crippen LogP contribution in [0.2, 0.25) is 5.02 Å². The Morgan fingerprint density at radius 1 is 1.53 bits per heavy atom. The molecule has 0 saturated carbocycles. The average Bonchev–Trinajstić information content (AvgIpc) is 2.34. The van der Waals surface area contributed by atoms with E-state index >= 15 is 0 Å². The lowest BCUT2D eigenvalue weighted by atomic mass is 9.93. The lowest BCUT2D eigenvalue weighted by Gasteiger charge is -2.22. The summed E-state index contributed by atoms with van der Waals surface area (Å²) in [5.74, 6) is -0.398. The van der Waals surface area contributed by atoms with Gasteiger partial charge in [0.05, 0.1) is 17.4 Å². The summed E-state index contributed by atoms with van der Waals surface area (Å²) in [6.45, 7) is 3.56. The molecule has 1 aromatic rings. The quantitative estimate of drug-likeness (QED) is 0.511. The van der Waals surface area contributed by atoms with Crippen molar-refractivity contribution in [2.75, 3.05) is 19.0 Å². The number of halogens is 1. The summed E-state index contributed by atoms with van der Waals surface area (Å²) in [4.78, 5) is 21.9. The highest BCUT2D eigenvalue weighted by Crippen LogP contribution is 2.33. The van der Waals surface area contributed by atoms with Gasteiger partial charge in [0.2, 0.25) is 0 Å². The zero-order valence-corrected chi connectivity index (χ0v) is 11.7. The number of nitro groups is 1. The molecule has 1 rings (SSSR count). The molecule has 19 heavy (non-hydrogen) atoms. The second kappa shape index (κ2) is 5.88. The number of hydrogen-bond acceptors (Lipinski definition) is 5. The second-order valence-corrected chi connectivity index (χ2v) is 5.03. The average molecular weight is 287 g/mol. The number of methoxy groups -OCH3 is 1. The molecule has 0 spiro atoms. The van der Waals surface area contributed by atoms with Crippen LogP contribution in [0.5, 0.6) is 0 Å². The first kappa shape index (κ1) is 15.2. The molecule has 104 valence electrons. The van der Waals surface area contributed by atoms with Gasteiger partial charge in [-0.25, -0.2) is 0 Å². The van der Waals surface area contributed by atoms with Gasteiger partial charge in [0.25, 0.3) is 0 Å². The monoisotopic (exact) mass is 286 g/mol. The van der Waals surface area contributed by atoms with Gasteiger partial charge in [-0.15, -0.1) is 0 Å². The number of carbonyl (C=O) groups is 1. The standard InChI is InChI=1S/C12H15ClN2O4/c1-12(2,11(16)19-3)7-14-9-6-4-5-8(13)10(9)15(17)18/h4-6,14H,7H2,1-3H3. The van der Waals surface area contributed by atoms with Gasteiger partial charge in [0, 0.05) is 6.54 Å². The van der Waals surface area contributed by atoms with Crippen LogP contribution >= 0.6 is 11.6 Å². The largest absolute Gasteiger partial charge is 0.469 e. The van der Waals surface area contributed by atoms with Crippen molar-refractivity contribution in [1.82, 2.24) is 0 Å². The number of carbonyl (C=O) groups excluding carboxylic acids is 1. The molecule has 1 aromatic carbocycles. The number of rotatable bonds is 5. The molecule has 7 heteroatoms. The summed E-state index contributed by atoms with van der Waals surface area (Å²) >= 11 is 5.79. The van der Waals surface area contributed by atoms with E-state index in [4.69, 9.17) is 11.6 Å². The Kier molecular flexibility index (Phi) is 4.72. The van der Waals surface area contributed by atoms with Crippen LogP contribution in [0.4, 0.5) is 11.4 Å². The Morgan fingerprint density at radius 3 is 2.68 bits per heavy atom. The minimum Gasteiger partial charge on any atom is -0.469 e. The SMILES string of the molecule is COC(=O)C(C)(C)CNc1cccc(Cl)c1[N+](=O)[O-]. The maximum absolute atomic E-state index is 11.5. The molecule has 0 saturated heterocycles. The Balaban J connectivity index is 2.93. The molecule has 0 atom stereocenters. The number of nitro benzene ring substituents is 1. The normalized spacial score (nSPS) is 10.9. The number of nitrogens with zero attached hydrogens (tertiary/aromatic N) is 1. The number of esters is 1. The van der Waals surface area contributed by atoms with E-state index in [0.717, 1.165) is 0 Å². The van der Waals surface area contributed by atoms with Gasteiger partial charge < -0.3 is 10.1 Å². The third-order valence-corrected chi connectivity index (χ3v) is 2.93. The molecule has 1 N–H and O–H groups in total. The van der Waals surface area contributed by atoms with Crippen molar-refractivity contribution in [3.63, 3.8) is 0 Å². The van der Waals surface area contributed by atoms with E-state index in [1.54, 1.807) is 19.9 Å². The highest BCUT2D eigenvalue weighted by molar-refractivity contribution is 6.33. The zero-order valence-electron chi connectivity index (χ0n) is 10.9. The molecular weight excluding hydrogens is 272 g/mol. The second-order valence-electron chi connectivity index (χ2n) is 4.62. The summed E-state index contributed by atoms with van der Waals surface area (Å²) in [5, 5.41) is 13.9. The van der Waals surface area contributed by atoms with Crippen molar-refractivity contribution >= 4 is 28.9 Å². The first-order chi connectivity index (χ1) is 8.79. The Bertz CT molecular complexity index is 503. The van der Waals surface area contributed by atoms with Crippen LogP contribution in [-0.4, -0.2) is 24.5 Å². The van der Waals surface area contributed by atoms with E-state index in [2.05, 4.69) is 10.1 Å². The number of ether oxygens (including phenoxy) is 1. The van der Waals surface area contributed by atoms with Crippen molar-refractivity contribution < 1.29 is 14.5 Å². The predicted molar refractivity (Wildman–Crippen MR) is 72.4 cm³/mol. The van der Waals surface area contributed by atoms with Gasteiger partial charge in [-0.1, -0.05) is 17.7 Å². The van der Waals surface area contributed by atoms with Crippen LogP contribution in [0.25, 0.3) is 0 Å². The number of para-hydroxylation sites is 1. The van der Waals surface area contributed by atoms with Crippen LogP contribution in [0, 0.1) is 15.5 Å². The van der Waals surface area contributed by atoms with Gasteiger partial charge in [-0.3, -0.25) is 14.9 Å². The van der Waals surface area contributed by atoms with E-state index in [1.807, 2.05) is 0 Å². The molecule has 0 fully saturated rings. The molecule has 0 aliphatic carbocycles. The fraction of sp³-hybridized carbons (Fsp3) is 0.417. The van der Waals surface area contributed by atoms with E-state index in [1.165, 1.54) is 19.2 Å². The van der Waals surface area contributed by atoms with Gasteiger partial charge >= 0.3 is 11.7 Å². The van der Waals surface area contributed by atoms with Gasteiger partial charge in [0.15, 0.2) is 0 Å². The molecule has 0 aromatic heterocycles. The summed E-state index contributed by atoms with van der Waals surface area (Å²) in [5.41, 5.74) is -0.732. The van der Waals surface area contributed by atoms with Crippen LogP contribution < -0.4 is 5.32 Å². The molecule has 6 nitrogen and oxygen atoms in total. The van der Waals surface area contributed by atoms with Crippen molar-refractivity contribution in [3.8, 4) is 0 Å². The Hall–Kier alpha value is -1.82. The lowest BCUT2D eigenvalue weighted by Crippen LogP contribution is -2.33. The minimum atomic E-state index is -0.801. The lowest BCUT2D eigenvalue weighted by molar-refractivity contribution is -0.383. The smallest absolute Gasteiger partial charge is 0.313 e. The Labute approximate surface area is 115 Å². The third-order valence-electron chi connectivity index (χ3n) is 2.63. The van der Waals surface area contributed by atoms with Crippen LogP contribution in [0.15, 0.2) is 18.2 Å². The molecule has 0 radical (unpaired) electrons. The van der Waals surface area contributed by atoms with Gasteiger partial charge in [0.1, 0.15) is 10.7 Å². The number of benzene rings is 1. The third kappa shape index (κ3) is 3.57. The van der Waals surface area contributed by atoms with Crippen molar-refractivity contribution in [2.45, 2.75) is 13.8 Å². The summed E-state index contributed by atoms with van der Waals surface area (Å²) in [6, 6.07) is 4.58. The summed E-state index contributed by atoms with van der Waals surface area (Å²) < 4.78 is 4.67. The number of nitrogens with one attached hydrogen (secondary N) is 1. The maximum atomic E-state index is 11.5. The van der Waals surface area contributed by atoms with Crippen molar-refractivity contribution in [3.05, 3.63) is 33.3 Å². The predicted octanol–water partition coefficient (Wildman–Crippen LogP) is 2.86. The van der Waals surface area contributed by atoms with E-state index < -0.39 is 16.3 Å². The van der Waals surface area contributed by atoms with Crippen LogP contribution in [0.1, 0.15) is 13.8 Å². The van der Waals surface area contributed by atoms with Crippen LogP contribution in [-0.2, 0) is 9.53 Å². The summed E-state index contributed by atoms with van der Waals surface area (Å²) in [7, 11) is 1.30.